The van der Waals surface area contributed by atoms with Gasteiger partial charge in [-0.15, -0.1) is 0 Å². The van der Waals surface area contributed by atoms with Gasteiger partial charge in [0.1, 0.15) is 0 Å². The van der Waals surface area contributed by atoms with Crippen LogP contribution in [0, 0.1) is 0 Å². The van der Waals surface area contributed by atoms with Crippen molar-refractivity contribution in [2.75, 3.05) is 6.54 Å². The molecule has 1 aliphatic heterocycles. The summed E-state index contributed by atoms with van der Waals surface area (Å²) in [6, 6.07) is 16.3. The second kappa shape index (κ2) is 5.72. The van der Waals surface area contributed by atoms with Gasteiger partial charge in [-0.05, 0) is 41.2 Å². The first-order chi connectivity index (χ1) is 10.1. The summed E-state index contributed by atoms with van der Waals surface area (Å²) in [6.45, 7) is 5.94. The summed E-state index contributed by atoms with van der Waals surface area (Å²) in [7, 11) is 0. The van der Waals surface area contributed by atoms with Crippen molar-refractivity contribution in [2.45, 2.75) is 32.7 Å². The van der Waals surface area contributed by atoms with Crippen molar-refractivity contribution < 1.29 is 4.79 Å². The van der Waals surface area contributed by atoms with Gasteiger partial charge >= 0.3 is 0 Å². The van der Waals surface area contributed by atoms with Crippen molar-refractivity contribution in [1.29, 1.82) is 0 Å². The first-order valence-corrected chi connectivity index (χ1v) is 7.61. The van der Waals surface area contributed by atoms with E-state index in [9.17, 15) is 4.79 Å². The topological polar surface area (TPSA) is 20.3 Å². The molecule has 0 bridgehead atoms. The van der Waals surface area contributed by atoms with Crippen LogP contribution in [-0.2, 0) is 13.0 Å². The Hall–Kier alpha value is -2.09. The van der Waals surface area contributed by atoms with E-state index in [1.165, 1.54) is 16.7 Å². The van der Waals surface area contributed by atoms with E-state index in [4.69, 9.17) is 0 Å². The standard InChI is InChI=1S/C19H21NO/c1-14(2)17-9-8-15-10-11-20(13-18(15)12-17)19(21)16-6-4-3-5-7-16/h3-9,12,14H,10-11,13H2,1-2H3. The van der Waals surface area contributed by atoms with Crippen molar-refractivity contribution in [3.63, 3.8) is 0 Å². The lowest BCUT2D eigenvalue weighted by Crippen LogP contribution is -2.36. The lowest BCUT2D eigenvalue weighted by atomic mass is 9.93. The number of benzene rings is 2. The molecule has 0 saturated heterocycles. The summed E-state index contributed by atoms with van der Waals surface area (Å²) < 4.78 is 0. The van der Waals surface area contributed by atoms with E-state index in [0.717, 1.165) is 25.1 Å². The Balaban J connectivity index is 1.83. The highest BCUT2D eigenvalue weighted by Gasteiger charge is 2.22. The number of carbonyl (C=O) groups excluding carboxylic acids is 1. The van der Waals surface area contributed by atoms with Gasteiger partial charge in [-0.1, -0.05) is 50.2 Å². The summed E-state index contributed by atoms with van der Waals surface area (Å²) in [5, 5.41) is 0. The van der Waals surface area contributed by atoms with Crippen molar-refractivity contribution in [3.05, 3.63) is 70.8 Å². The normalized spacial score (nSPS) is 14.1. The minimum absolute atomic E-state index is 0.135. The molecule has 1 heterocycles. The number of fused-ring (bicyclic) bond motifs is 1. The van der Waals surface area contributed by atoms with Crippen LogP contribution >= 0.6 is 0 Å². The third kappa shape index (κ3) is 2.85. The fraction of sp³-hybridized carbons (Fsp3) is 0.316. The molecule has 2 aromatic rings. The Morgan fingerprint density at radius 1 is 1.05 bits per heavy atom. The maximum Gasteiger partial charge on any atom is 0.254 e. The highest BCUT2D eigenvalue weighted by Crippen LogP contribution is 2.24. The molecule has 108 valence electrons. The second-order valence-corrected chi connectivity index (χ2v) is 6.03. The lowest BCUT2D eigenvalue weighted by molar-refractivity contribution is 0.0734. The molecule has 3 rings (SSSR count). The molecule has 0 aromatic heterocycles. The van der Waals surface area contributed by atoms with Gasteiger partial charge < -0.3 is 4.90 Å². The third-order valence-corrected chi connectivity index (χ3v) is 4.22. The molecule has 0 saturated carbocycles. The summed E-state index contributed by atoms with van der Waals surface area (Å²) >= 11 is 0. The number of nitrogens with zero attached hydrogens (tertiary/aromatic N) is 1. The van der Waals surface area contributed by atoms with E-state index in [0.29, 0.717) is 5.92 Å². The molecular formula is C19H21NO. The molecular weight excluding hydrogens is 258 g/mol. The minimum atomic E-state index is 0.135. The van der Waals surface area contributed by atoms with Crippen LogP contribution in [-0.4, -0.2) is 17.4 Å². The van der Waals surface area contributed by atoms with E-state index in [1.54, 1.807) is 0 Å². The molecule has 21 heavy (non-hydrogen) atoms. The van der Waals surface area contributed by atoms with E-state index in [-0.39, 0.29) is 5.91 Å². The molecule has 2 nitrogen and oxygen atoms in total. The zero-order valence-electron chi connectivity index (χ0n) is 12.7. The van der Waals surface area contributed by atoms with Crippen LogP contribution in [0.1, 0.15) is 46.8 Å². The molecule has 0 atom stereocenters. The average molecular weight is 279 g/mol. The van der Waals surface area contributed by atoms with Gasteiger partial charge in [0.15, 0.2) is 0 Å². The van der Waals surface area contributed by atoms with Crippen LogP contribution in [0.25, 0.3) is 0 Å². The van der Waals surface area contributed by atoms with Gasteiger partial charge in [0.05, 0.1) is 0 Å². The Bertz CT molecular complexity index is 646. The van der Waals surface area contributed by atoms with Crippen LogP contribution in [0.15, 0.2) is 48.5 Å². The van der Waals surface area contributed by atoms with Crippen molar-refractivity contribution in [1.82, 2.24) is 4.90 Å². The summed E-state index contributed by atoms with van der Waals surface area (Å²) in [5.74, 6) is 0.659. The van der Waals surface area contributed by atoms with Crippen LogP contribution in [0.5, 0.6) is 0 Å². The van der Waals surface area contributed by atoms with E-state index < -0.39 is 0 Å². The number of carbonyl (C=O) groups is 1. The highest BCUT2D eigenvalue weighted by atomic mass is 16.2. The van der Waals surface area contributed by atoms with Gasteiger partial charge in [0, 0.05) is 18.7 Å². The number of amides is 1. The Labute approximate surface area is 126 Å². The van der Waals surface area contributed by atoms with Crippen LogP contribution in [0.4, 0.5) is 0 Å². The Morgan fingerprint density at radius 3 is 2.52 bits per heavy atom. The molecule has 2 heteroatoms. The molecule has 2 aromatic carbocycles. The van der Waals surface area contributed by atoms with Crippen LogP contribution < -0.4 is 0 Å². The highest BCUT2D eigenvalue weighted by molar-refractivity contribution is 5.94. The molecule has 0 aliphatic carbocycles. The van der Waals surface area contributed by atoms with Gasteiger partial charge in [-0.25, -0.2) is 0 Å². The predicted molar refractivity (Wildman–Crippen MR) is 85.4 cm³/mol. The van der Waals surface area contributed by atoms with E-state index in [1.807, 2.05) is 35.2 Å². The quantitative estimate of drug-likeness (QED) is 0.813. The molecule has 1 aliphatic rings. The van der Waals surface area contributed by atoms with Gasteiger partial charge in [-0.3, -0.25) is 4.79 Å². The van der Waals surface area contributed by atoms with Gasteiger partial charge in [0.25, 0.3) is 5.91 Å². The maximum atomic E-state index is 12.6. The smallest absolute Gasteiger partial charge is 0.254 e. The maximum absolute atomic E-state index is 12.6. The monoisotopic (exact) mass is 279 g/mol. The fourth-order valence-corrected chi connectivity index (χ4v) is 2.87. The van der Waals surface area contributed by atoms with Gasteiger partial charge in [-0.2, -0.15) is 0 Å². The Kier molecular flexibility index (Phi) is 3.78. The van der Waals surface area contributed by atoms with E-state index in [2.05, 4.69) is 32.0 Å². The molecule has 0 spiro atoms. The zero-order chi connectivity index (χ0) is 14.8. The predicted octanol–water partition coefficient (Wildman–Crippen LogP) is 4.01. The number of hydrogen-bond acceptors (Lipinski definition) is 1. The lowest BCUT2D eigenvalue weighted by Gasteiger charge is -2.29. The summed E-state index contributed by atoms with van der Waals surface area (Å²) in [4.78, 5) is 14.5. The average Bonchev–Trinajstić information content (AvgIpc) is 2.54. The number of rotatable bonds is 2. The SMILES string of the molecule is CC(C)c1ccc2c(c1)CN(C(=O)c1ccccc1)CC2. The molecule has 0 fully saturated rings. The third-order valence-electron chi connectivity index (χ3n) is 4.22. The summed E-state index contributed by atoms with van der Waals surface area (Å²) in [5.41, 5.74) is 4.82. The first kappa shape index (κ1) is 13.9. The van der Waals surface area contributed by atoms with Crippen LogP contribution in [0.3, 0.4) is 0 Å². The van der Waals surface area contributed by atoms with E-state index >= 15 is 0 Å². The minimum Gasteiger partial charge on any atom is -0.334 e. The molecule has 1 amide bonds. The van der Waals surface area contributed by atoms with Crippen molar-refractivity contribution in [2.24, 2.45) is 0 Å². The molecule has 0 unspecified atom stereocenters. The van der Waals surface area contributed by atoms with Crippen LogP contribution in [0.2, 0.25) is 0 Å². The first-order valence-electron chi connectivity index (χ1n) is 7.61. The Morgan fingerprint density at radius 2 is 1.81 bits per heavy atom. The summed E-state index contributed by atoms with van der Waals surface area (Å²) in [6.07, 6.45) is 0.951. The number of hydrogen-bond donors (Lipinski definition) is 0. The largest absolute Gasteiger partial charge is 0.334 e. The second-order valence-electron chi connectivity index (χ2n) is 6.03. The van der Waals surface area contributed by atoms with Gasteiger partial charge in [0.2, 0.25) is 0 Å². The molecule has 0 N–H and O–H groups in total. The fourth-order valence-electron chi connectivity index (χ4n) is 2.87. The van der Waals surface area contributed by atoms with Crippen molar-refractivity contribution >= 4 is 5.91 Å². The zero-order valence-corrected chi connectivity index (χ0v) is 12.7. The molecule has 0 radical (unpaired) electrons. The van der Waals surface area contributed by atoms with Crippen molar-refractivity contribution in [3.8, 4) is 0 Å².